The smallest absolute Gasteiger partial charge is 0.406 e. The predicted molar refractivity (Wildman–Crippen MR) is 81.5 cm³/mol. The van der Waals surface area contributed by atoms with E-state index < -0.39 is 6.36 Å². The van der Waals surface area contributed by atoms with Crippen LogP contribution in [0.1, 0.15) is 43.5 Å². The average molecular weight is 340 g/mol. The summed E-state index contributed by atoms with van der Waals surface area (Å²) < 4.78 is 40.4. The molecule has 0 aliphatic heterocycles. The monoisotopic (exact) mass is 339 g/mol. The van der Waals surface area contributed by atoms with Crippen molar-refractivity contribution in [2.24, 2.45) is 0 Å². The molecule has 0 aliphatic carbocycles. The minimum absolute atomic E-state index is 0. The molecule has 7 heteroatoms. The zero-order chi connectivity index (χ0) is 15.9. The van der Waals surface area contributed by atoms with Crippen LogP contribution in [0.2, 0.25) is 0 Å². The fraction of sp³-hybridized carbons (Fsp3) is 0.533. The number of alkyl halides is 3. The summed E-state index contributed by atoms with van der Waals surface area (Å²) in [6.45, 7) is 5.04. The molecule has 0 radical (unpaired) electrons. The van der Waals surface area contributed by atoms with Crippen LogP contribution in [0.5, 0.6) is 5.75 Å². The number of hydrogen-bond donors (Lipinski definition) is 0. The third-order valence-corrected chi connectivity index (χ3v) is 3.02. The van der Waals surface area contributed by atoms with Gasteiger partial charge in [-0.15, -0.1) is 25.6 Å². The van der Waals surface area contributed by atoms with Crippen molar-refractivity contribution in [2.45, 2.75) is 39.5 Å². The van der Waals surface area contributed by atoms with E-state index in [1.165, 1.54) is 18.2 Å². The molecule has 0 heterocycles. The molecule has 0 aliphatic rings. The van der Waals surface area contributed by atoms with Crippen LogP contribution in [0.4, 0.5) is 13.2 Å². The predicted octanol–water partition coefficient (Wildman–Crippen LogP) is 4.66. The Morgan fingerprint density at radius 1 is 1.23 bits per heavy atom. The molecule has 0 saturated heterocycles. The van der Waals surface area contributed by atoms with Crippen molar-refractivity contribution >= 4 is 18.3 Å². The van der Waals surface area contributed by atoms with Crippen molar-refractivity contribution in [3.63, 3.8) is 0 Å². The van der Waals surface area contributed by atoms with Gasteiger partial charge in [0, 0.05) is 18.7 Å². The zero-order valence-electron chi connectivity index (χ0n) is 12.7. The summed E-state index contributed by atoms with van der Waals surface area (Å²) >= 11 is 0. The van der Waals surface area contributed by atoms with E-state index in [2.05, 4.69) is 11.7 Å². The summed E-state index contributed by atoms with van der Waals surface area (Å²) in [6, 6.07) is 5.18. The van der Waals surface area contributed by atoms with Crippen LogP contribution in [0, 0.1) is 0 Å². The number of ether oxygens (including phenoxy) is 1. The molecule has 0 saturated carbocycles. The third-order valence-electron chi connectivity index (χ3n) is 3.02. The number of carbonyl (C=O) groups is 1. The number of halogens is 4. The van der Waals surface area contributed by atoms with Crippen LogP contribution in [0.3, 0.4) is 0 Å². The summed E-state index contributed by atoms with van der Waals surface area (Å²) in [6.07, 6.45) is -1.82. The molecule has 22 heavy (non-hydrogen) atoms. The van der Waals surface area contributed by atoms with Gasteiger partial charge in [0.2, 0.25) is 0 Å². The van der Waals surface area contributed by atoms with Gasteiger partial charge in [-0.1, -0.05) is 25.8 Å². The molecule has 1 aromatic carbocycles. The maximum Gasteiger partial charge on any atom is 0.573 e. The number of nitrogens with zero attached hydrogens (tertiary/aromatic N) is 1. The molecule has 0 spiro atoms. The highest BCUT2D eigenvalue weighted by atomic mass is 35.5. The van der Waals surface area contributed by atoms with Gasteiger partial charge in [-0.2, -0.15) is 0 Å². The Labute approximate surface area is 134 Å². The van der Waals surface area contributed by atoms with E-state index in [0.29, 0.717) is 13.1 Å². The Morgan fingerprint density at radius 3 is 2.45 bits per heavy atom. The first-order valence-electron chi connectivity index (χ1n) is 7.02. The minimum Gasteiger partial charge on any atom is -0.406 e. The van der Waals surface area contributed by atoms with E-state index in [0.717, 1.165) is 25.3 Å². The van der Waals surface area contributed by atoms with E-state index >= 15 is 0 Å². The largest absolute Gasteiger partial charge is 0.573 e. The molecular weight excluding hydrogens is 319 g/mol. The number of rotatable bonds is 7. The maximum atomic E-state index is 12.3. The molecule has 3 nitrogen and oxygen atoms in total. The highest BCUT2D eigenvalue weighted by Crippen LogP contribution is 2.23. The Balaban J connectivity index is 0.00000441. The maximum absolute atomic E-state index is 12.3. The van der Waals surface area contributed by atoms with Crippen molar-refractivity contribution in [1.82, 2.24) is 4.90 Å². The Morgan fingerprint density at radius 2 is 1.91 bits per heavy atom. The van der Waals surface area contributed by atoms with Crippen LogP contribution >= 0.6 is 12.4 Å². The van der Waals surface area contributed by atoms with Crippen molar-refractivity contribution in [3.05, 3.63) is 29.8 Å². The Hall–Kier alpha value is -1.43. The van der Waals surface area contributed by atoms with E-state index in [-0.39, 0.29) is 29.6 Å². The van der Waals surface area contributed by atoms with Gasteiger partial charge in [-0.25, -0.2) is 0 Å². The zero-order valence-corrected chi connectivity index (χ0v) is 13.5. The molecule has 0 fully saturated rings. The highest BCUT2D eigenvalue weighted by Gasteiger charge is 2.31. The van der Waals surface area contributed by atoms with Gasteiger partial charge < -0.3 is 9.64 Å². The lowest BCUT2D eigenvalue weighted by Crippen LogP contribution is -2.31. The second kappa shape index (κ2) is 9.56. The van der Waals surface area contributed by atoms with E-state index in [1.54, 1.807) is 4.90 Å². The van der Waals surface area contributed by atoms with Crippen molar-refractivity contribution in [1.29, 1.82) is 0 Å². The van der Waals surface area contributed by atoms with Crippen LogP contribution in [0.15, 0.2) is 24.3 Å². The molecule has 0 atom stereocenters. The normalized spacial score (nSPS) is 10.8. The topological polar surface area (TPSA) is 29.5 Å². The number of hydrogen-bond acceptors (Lipinski definition) is 2. The van der Waals surface area contributed by atoms with Crippen LogP contribution in [-0.4, -0.2) is 30.3 Å². The molecule has 0 unspecified atom stereocenters. The third kappa shape index (κ3) is 7.02. The summed E-state index contributed by atoms with van der Waals surface area (Å²) in [5, 5.41) is 0. The van der Waals surface area contributed by atoms with E-state index in [9.17, 15) is 18.0 Å². The highest BCUT2D eigenvalue weighted by molar-refractivity contribution is 5.94. The van der Waals surface area contributed by atoms with Crippen molar-refractivity contribution in [3.8, 4) is 5.75 Å². The second-order valence-electron chi connectivity index (χ2n) is 4.67. The second-order valence-corrected chi connectivity index (χ2v) is 4.67. The summed E-state index contributed by atoms with van der Waals surface area (Å²) in [5.74, 6) is -0.654. The first-order valence-corrected chi connectivity index (χ1v) is 7.02. The van der Waals surface area contributed by atoms with Gasteiger partial charge in [0.25, 0.3) is 5.91 Å². The van der Waals surface area contributed by atoms with Gasteiger partial charge in [0.05, 0.1) is 0 Å². The fourth-order valence-electron chi connectivity index (χ4n) is 1.96. The quantitative estimate of drug-likeness (QED) is 0.676. The number of carbonyl (C=O) groups excluding carboxylic acids is 1. The Bertz CT molecular complexity index is 466. The lowest BCUT2D eigenvalue weighted by atomic mass is 10.1. The van der Waals surface area contributed by atoms with E-state index in [1.807, 2.05) is 6.92 Å². The van der Waals surface area contributed by atoms with Crippen molar-refractivity contribution in [2.75, 3.05) is 13.1 Å². The number of benzene rings is 1. The van der Waals surface area contributed by atoms with E-state index in [4.69, 9.17) is 0 Å². The number of unbranched alkanes of at least 4 members (excludes halogenated alkanes) is 2. The lowest BCUT2D eigenvalue weighted by molar-refractivity contribution is -0.274. The van der Waals surface area contributed by atoms with Gasteiger partial charge in [-0.3, -0.25) is 4.79 Å². The molecule has 0 N–H and O–H groups in total. The van der Waals surface area contributed by atoms with Gasteiger partial charge >= 0.3 is 6.36 Å². The SMILES string of the molecule is CCCCCN(CC)C(=O)c1cccc(OC(F)(F)F)c1.Cl. The van der Waals surface area contributed by atoms with Crippen molar-refractivity contribution < 1.29 is 22.7 Å². The summed E-state index contributed by atoms with van der Waals surface area (Å²) in [5.41, 5.74) is 0.204. The van der Waals surface area contributed by atoms with Gasteiger partial charge in [0.1, 0.15) is 5.75 Å². The molecular formula is C15H21ClF3NO2. The van der Waals surface area contributed by atoms with Gasteiger partial charge in [0.15, 0.2) is 0 Å². The molecule has 126 valence electrons. The Kier molecular flexibility index (Phi) is 8.94. The number of amides is 1. The minimum atomic E-state index is -4.76. The van der Waals surface area contributed by atoms with Crippen LogP contribution in [0.25, 0.3) is 0 Å². The standard InChI is InChI=1S/C15H20F3NO2.ClH/c1-3-5-6-10-19(4-2)14(20)12-8-7-9-13(11-12)21-15(16,17)18;/h7-9,11H,3-6,10H2,1-2H3;1H. The summed E-state index contributed by atoms with van der Waals surface area (Å²) in [4.78, 5) is 13.9. The lowest BCUT2D eigenvalue weighted by Gasteiger charge is -2.21. The average Bonchev–Trinajstić information content (AvgIpc) is 2.41. The molecule has 1 rings (SSSR count). The summed E-state index contributed by atoms with van der Waals surface area (Å²) in [7, 11) is 0. The van der Waals surface area contributed by atoms with Gasteiger partial charge in [-0.05, 0) is 31.5 Å². The first kappa shape index (κ1) is 20.6. The molecule has 1 amide bonds. The van der Waals surface area contributed by atoms with Crippen LogP contribution < -0.4 is 4.74 Å². The molecule has 0 aromatic heterocycles. The molecule has 1 aromatic rings. The van der Waals surface area contributed by atoms with Crippen LogP contribution in [-0.2, 0) is 0 Å². The molecule has 0 bridgehead atoms. The first-order chi connectivity index (χ1) is 9.87. The fourth-order valence-corrected chi connectivity index (χ4v) is 1.96.